The van der Waals surface area contributed by atoms with Crippen LogP contribution in [0.3, 0.4) is 0 Å². The molecule has 164 valence electrons. The van der Waals surface area contributed by atoms with Gasteiger partial charge < -0.3 is 5.32 Å². The highest BCUT2D eigenvalue weighted by molar-refractivity contribution is 7.92. The number of halogens is 4. The normalized spacial score (nSPS) is 12.0. The zero-order chi connectivity index (χ0) is 22.9. The Bertz CT molecular complexity index is 1390. The molecular formula is C21H14ClF3N4O2S. The topological polar surface area (TPSA) is 84.0 Å². The summed E-state index contributed by atoms with van der Waals surface area (Å²) >= 11 is 5.89. The van der Waals surface area contributed by atoms with Gasteiger partial charge in [0.15, 0.2) is 11.6 Å². The lowest BCUT2D eigenvalue weighted by Crippen LogP contribution is -2.20. The third kappa shape index (κ3) is 4.61. The third-order valence-corrected chi connectivity index (χ3v) is 6.04. The molecule has 0 saturated heterocycles. The Morgan fingerprint density at radius 2 is 1.34 bits per heavy atom. The first-order valence-electron chi connectivity index (χ1n) is 9.12. The summed E-state index contributed by atoms with van der Waals surface area (Å²) in [7, 11) is -4.65. The molecule has 4 rings (SSSR count). The van der Waals surface area contributed by atoms with E-state index in [9.17, 15) is 21.6 Å². The summed E-state index contributed by atoms with van der Waals surface area (Å²) in [5.74, 6) is -0.241. The van der Waals surface area contributed by atoms with Crippen LogP contribution in [-0.4, -0.2) is 18.4 Å². The van der Waals surface area contributed by atoms with E-state index in [1.807, 2.05) is 0 Å². The quantitative estimate of drug-likeness (QED) is 0.376. The minimum Gasteiger partial charge on any atom is -0.337 e. The fourth-order valence-corrected chi connectivity index (χ4v) is 4.31. The van der Waals surface area contributed by atoms with Gasteiger partial charge in [-0.3, -0.25) is 4.72 Å². The first-order chi connectivity index (χ1) is 15.1. The minimum absolute atomic E-state index is 0.0130. The van der Waals surface area contributed by atoms with Crippen molar-refractivity contribution < 1.29 is 21.6 Å². The number of nitrogens with one attached hydrogen (secondary N) is 2. The average Bonchev–Trinajstić information content (AvgIpc) is 2.75. The monoisotopic (exact) mass is 478 g/mol. The number of benzene rings is 3. The van der Waals surface area contributed by atoms with Crippen LogP contribution < -0.4 is 10.0 Å². The molecule has 1 heterocycles. The Balaban J connectivity index is 1.80. The van der Waals surface area contributed by atoms with Gasteiger partial charge in [-0.1, -0.05) is 35.9 Å². The van der Waals surface area contributed by atoms with Crippen LogP contribution in [-0.2, 0) is 16.2 Å². The number of rotatable bonds is 5. The van der Waals surface area contributed by atoms with Crippen molar-refractivity contribution >= 4 is 50.0 Å². The number of hydrogen-bond donors (Lipinski definition) is 2. The molecule has 4 aromatic rings. The molecule has 0 aliphatic rings. The molecule has 1 aromatic heterocycles. The van der Waals surface area contributed by atoms with E-state index in [0.29, 0.717) is 27.8 Å². The molecule has 0 unspecified atom stereocenters. The minimum atomic E-state index is -4.86. The molecule has 0 aliphatic heterocycles. The van der Waals surface area contributed by atoms with E-state index in [1.165, 1.54) is 6.07 Å². The van der Waals surface area contributed by atoms with E-state index in [1.54, 1.807) is 48.5 Å². The molecule has 6 nitrogen and oxygen atoms in total. The average molecular weight is 479 g/mol. The molecular weight excluding hydrogens is 465 g/mol. The highest BCUT2D eigenvalue weighted by Crippen LogP contribution is 2.35. The number of nitrogens with zero attached hydrogens (tertiary/aromatic N) is 2. The maximum atomic E-state index is 13.4. The number of aromatic nitrogens is 2. The van der Waals surface area contributed by atoms with Crippen molar-refractivity contribution in [2.75, 3.05) is 10.0 Å². The van der Waals surface area contributed by atoms with Gasteiger partial charge in [0.25, 0.3) is 10.0 Å². The summed E-state index contributed by atoms with van der Waals surface area (Å²) < 4.78 is 68.2. The Hall–Kier alpha value is -3.37. The predicted octanol–water partition coefficient (Wildman–Crippen LogP) is 5.85. The maximum Gasteiger partial charge on any atom is 0.417 e. The van der Waals surface area contributed by atoms with E-state index < -0.39 is 26.7 Å². The van der Waals surface area contributed by atoms with Crippen LogP contribution in [0.25, 0.3) is 11.0 Å². The second-order valence-electron chi connectivity index (χ2n) is 6.64. The molecule has 0 spiro atoms. The first kappa shape index (κ1) is 21.8. The van der Waals surface area contributed by atoms with E-state index in [-0.39, 0.29) is 11.6 Å². The van der Waals surface area contributed by atoms with Crippen LogP contribution in [0.4, 0.5) is 30.5 Å². The Kier molecular flexibility index (Phi) is 5.66. The largest absolute Gasteiger partial charge is 0.417 e. The molecule has 0 bridgehead atoms. The Morgan fingerprint density at radius 3 is 1.97 bits per heavy atom. The maximum absolute atomic E-state index is 13.4. The molecule has 0 fully saturated rings. The van der Waals surface area contributed by atoms with Gasteiger partial charge in [-0.05, 0) is 48.5 Å². The van der Waals surface area contributed by atoms with Crippen molar-refractivity contribution in [1.29, 1.82) is 0 Å². The second kappa shape index (κ2) is 8.29. The number of alkyl halides is 3. The SMILES string of the molecule is O=S(=O)(Nc1nc2ccccc2nc1Nc1ccc(Cl)cc1)c1ccccc1C(F)(F)F. The van der Waals surface area contributed by atoms with Gasteiger partial charge in [0.1, 0.15) is 0 Å². The summed E-state index contributed by atoms with van der Waals surface area (Å²) in [5, 5.41) is 3.42. The summed E-state index contributed by atoms with van der Waals surface area (Å²) in [6.07, 6.45) is -4.86. The van der Waals surface area contributed by atoms with E-state index >= 15 is 0 Å². The Labute approximate surface area is 186 Å². The smallest absolute Gasteiger partial charge is 0.337 e. The van der Waals surface area contributed by atoms with Gasteiger partial charge in [0, 0.05) is 10.7 Å². The van der Waals surface area contributed by atoms with E-state index in [2.05, 4.69) is 20.0 Å². The molecule has 0 atom stereocenters. The van der Waals surface area contributed by atoms with Gasteiger partial charge in [-0.15, -0.1) is 0 Å². The number of sulfonamides is 1. The van der Waals surface area contributed by atoms with Crippen LogP contribution in [0.2, 0.25) is 5.02 Å². The number of fused-ring (bicyclic) bond motifs is 1. The zero-order valence-electron chi connectivity index (χ0n) is 16.1. The molecule has 3 aromatic carbocycles. The molecule has 0 amide bonds. The van der Waals surface area contributed by atoms with Gasteiger partial charge in [0.05, 0.1) is 21.5 Å². The van der Waals surface area contributed by atoms with Crippen molar-refractivity contribution in [3.8, 4) is 0 Å². The van der Waals surface area contributed by atoms with Gasteiger partial charge in [-0.2, -0.15) is 13.2 Å². The standard InChI is InChI=1S/C21H14ClF3N4O2S/c22-13-9-11-14(12-10-13)26-19-20(28-17-7-3-2-6-16(17)27-19)29-32(30,31)18-8-4-1-5-15(18)21(23,24)25/h1-12H,(H,26,27)(H,28,29). The van der Waals surface area contributed by atoms with Crippen LogP contribution in [0.5, 0.6) is 0 Å². The van der Waals surface area contributed by atoms with Crippen molar-refractivity contribution in [2.45, 2.75) is 11.1 Å². The highest BCUT2D eigenvalue weighted by Gasteiger charge is 2.37. The zero-order valence-corrected chi connectivity index (χ0v) is 17.6. The van der Waals surface area contributed by atoms with Crippen molar-refractivity contribution in [2.24, 2.45) is 0 Å². The molecule has 32 heavy (non-hydrogen) atoms. The van der Waals surface area contributed by atoms with Crippen molar-refractivity contribution in [3.05, 3.63) is 83.4 Å². The number of para-hydroxylation sites is 2. The predicted molar refractivity (Wildman–Crippen MR) is 117 cm³/mol. The molecule has 0 radical (unpaired) electrons. The number of anilines is 3. The molecule has 11 heteroatoms. The van der Waals surface area contributed by atoms with Gasteiger partial charge in [-0.25, -0.2) is 18.4 Å². The van der Waals surface area contributed by atoms with E-state index in [0.717, 1.165) is 12.1 Å². The summed E-state index contributed by atoms with van der Waals surface area (Å²) in [5.41, 5.74) is 0.0575. The van der Waals surface area contributed by atoms with Crippen LogP contribution in [0, 0.1) is 0 Å². The fraction of sp³-hybridized carbons (Fsp3) is 0.0476. The van der Waals surface area contributed by atoms with Gasteiger partial charge >= 0.3 is 6.18 Å². The van der Waals surface area contributed by atoms with Crippen LogP contribution in [0.15, 0.2) is 77.7 Å². The first-order valence-corrected chi connectivity index (χ1v) is 11.0. The van der Waals surface area contributed by atoms with E-state index in [4.69, 9.17) is 11.6 Å². The lowest BCUT2D eigenvalue weighted by atomic mass is 10.2. The van der Waals surface area contributed by atoms with Crippen LogP contribution in [0.1, 0.15) is 5.56 Å². The van der Waals surface area contributed by atoms with Crippen molar-refractivity contribution in [1.82, 2.24) is 9.97 Å². The van der Waals surface area contributed by atoms with Crippen molar-refractivity contribution in [3.63, 3.8) is 0 Å². The summed E-state index contributed by atoms with van der Waals surface area (Å²) in [6, 6.07) is 17.1. The molecule has 2 N–H and O–H groups in total. The lowest BCUT2D eigenvalue weighted by molar-refractivity contribution is -0.139. The fourth-order valence-electron chi connectivity index (χ4n) is 2.95. The molecule has 0 saturated carbocycles. The summed E-state index contributed by atoms with van der Waals surface area (Å²) in [6.45, 7) is 0. The second-order valence-corrected chi connectivity index (χ2v) is 8.73. The Morgan fingerprint density at radius 1 is 0.781 bits per heavy atom. The number of hydrogen-bond acceptors (Lipinski definition) is 5. The molecule has 0 aliphatic carbocycles. The lowest BCUT2D eigenvalue weighted by Gasteiger charge is -2.16. The third-order valence-electron chi connectivity index (χ3n) is 4.39. The highest BCUT2D eigenvalue weighted by atomic mass is 35.5. The summed E-state index contributed by atoms with van der Waals surface area (Å²) in [4.78, 5) is 7.74. The van der Waals surface area contributed by atoms with Gasteiger partial charge in [0.2, 0.25) is 0 Å². The van der Waals surface area contributed by atoms with Crippen LogP contribution >= 0.6 is 11.6 Å².